The minimum atomic E-state index is -4.06. The summed E-state index contributed by atoms with van der Waals surface area (Å²) in [6.07, 6.45) is 1.71. The summed E-state index contributed by atoms with van der Waals surface area (Å²) in [5, 5.41) is 3.64. The Morgan fingerprint density at radius 3 is 2.47 bits per heavy atom. The van der Waals surface area contributed by atoms with E-state index in [0.29, 0.717) is 18.0 Å². The third-order valence-corrected chi connectivity index (χ3v) is 7.58. The topological polar surface area (TPSA) is 97.8 Å². The van der Waals surface area contributed by atoms with E-state index in [1.165, 1.54) is 38.1 Å². The lowest BCUT2D eigenvalue weighted by molar-refractivity contribution is -0.119. The number of rotatable bonds is 11. The van der Waals surface area contributed by atoms with E-state index < -0.39 is 22.5 Å². The average molecular weight is 502 g/mol. The van der Waals surface area contributed by atoms with Crippen LogP contribution in [0.15, 0.2) is 76.8 Å². The summed E-state index contributed by atoms with van der Waals surface area (Å²) >= 11 is 1.50. The Morgan fingerprint density at radius 2 is 1.82 bits per heavy atom. The number of hydrogen-bond donors (Lipinski definition) is 1. The van der Waals surface area contributed by atoms with Gasteiger partial charge in [-0.2, -0.15) is 0 Å². The average Bonchev–Trinajstić information content (AvgIpc) is 2.85. The van der Waals surface area contributed by atoms with Crippen LogP contribution in [0.4, 0.5) is 5.69 Å². The molecule has 0 aliphatic heterocycles. The van der Waals surface area contributed by atoms with E-state index in [2.05, 4.69) is 10.3 Å². The first-order valence-electron chi connectivity index (χ1n) is 10.5. The van der Waals surface area contributed by atoms with E-state index in [9.17, 15) is 13.2 Å². The Kier molecular flexibility index (Phi) is 8.78. The Hall–Kier alpha value is -3.24. The number of sulfonamides is 1. The number of nitrogens with zero attached hydrogens (tertiary/aromatic N) is 2. The van der Waals surface area contributed by atoms with Gasteiger partial charge in [-0.05, 0) is 43.3 Å². The van der Waals surface area contributed by atoms with Crippen LogP contribution >= 0.6 is 11.8 Å². The number of methoxy groups -OCH3 is 2. The van der Waals surface area contributed by atoms with Gasteiger partial charge in [0.1, 0.15) is 18.0 Å². The predicted octanol–water partition coefficient (Wildman–Crippen LogP) is 3.51. The molecule has 34 heavy (non-hydrogen) atoms. The fraction of sp³-hybridized carbons (Fsp3) is 0.250. The number of aryl methyl sites for hydroxylation is 1. The summed E-state index contributed by atoms with van der Waals surface area (Å²) in [7, 11) is -1.12. The smallest absolute Gasteiger partial charge is 0.264 e. The van der Waals surface area contributed by atoms with Crippen molar-refractivity contribution in [2.24, 2.45) is 0 Å². The number of aromatic nitrogens is 1. The first kappa shape index (κ1) is 25.4. The number of carbonyl (C=O) groups excluding carboxylic acids is 1. The lowest BCUT2D eigenvalue weighted by atomic mass is 10.2. The number of hydrogen-bond acceptors (Lipinski definition) is 7. The summed E-state index contributed by atoms with van der Waals surface area (Å²) in [5.74, 6) is 0.937. The molecule has 0 radical (unpaired) electrons. The monoisotopic (exact) mass is 501 g/mol. The second-order valence-electron chi connectivity index (χ2n) is 7.23. The third kappa shape index (κ3) is 6.42. The van der Waals surface area contributed by atoms with Crippen LogP contribution in [0.3, 0.4) is 0 Å². The van der Waals surface area contributed by atoms with Gasteiger partial charge < -0.3 is 14.8 Å². The molecule has 0 bridgehead atoms. The molecular formula is C24H27N3O5S2. The molecule has 3 rings (SSSR count). The maximum absolute atomic E-state index is 13.6. The van der Waals surface area contributed by atoms with Crippen LogP contribution in [0, 0.1) is 6.92 Å². The second kappa shape index (κ2) is 11.8. The van der Waals surface area contributed by atoms with Crippen LogP contribution in [-0.4, -0.2) is 52.4 Å². The standard InChI is InChI=1S/C24H27N3O5S2/c1-18-7-10-20(11-8-18)34(29,30)27(21-12-9-19(31-2)16-22(21)32-3)17-23(28)25-14-15-33-24-6-4-5-13-26-24/h4-13,16H,14-15,17H2,1-3H3,(H,25,28). The van der Waals surface area contributed by atoms with Crippen LogP contribution in [0.1, 0.15) is 5.56 Å². The first-order valence-corrected chi connectivity index (χ1v) is 12.9. The quantitative estimate of drug-likeness (QED) is 0.317. The van der Waals surface area contributed by atoms with Crippen molar-refractivity contribution in [3.05, 3.63) is 72.4 Å². The van der Waals surface area contributed by atoms with Crippen LogP contribution < -0.4 is 19.1 Å². The van der Waals surface area contributed by atoms with Crippen molar-refractivity contribution in [1.29, 1.82) is 0 Å². The Labute approximate surface area is 204 Å². The summed E-state index contributed by atoms with van der Waals surface area (Å²) in [6.45, 7) is 1.82. The van der Waals surface area contributed by atoms with Gasteiger partial charge >= 0.3 is 0 Å². The van der Waals surface area contributed by atoms with Crippen molar-refractivity contribution >= 4 is 33.4 Å². The minimum Gasteiger partial charge on any atom is -0.497 e. The van der Waals surface area contributed by atoms with Crippen molar-refractivity contribution in [2.45, 2.75) is 16.8 Å². The molecule has 3 aromatic rings. The van der Waals surface area contributed by atoms with Crippen LogP contribution in [0.25, 0.3) is 0 Å². The van der Waals surface area contributed by atoms with E-state index in [-0.39, 0.29) is 16.3 Å². The van der Waals surface area contributed by atoms with Crippen molar-refractivity contribution in [1.82, 2.24) is 10.3 Å². The zero-order valence-corrected chi connectivity index (χ0v) is 20.9. The molecule has 180 valence electrons. The molecule has 0 saturated carbocycles. The van der Waals surface area contributed by atoms with Crippen LogP contribution in [0.2, 0.25) is 0 Å². The molecule has 0 atom stereocenters. The van der Waals surface area contributed by atoms with E-state index >= 15 is 0 Å². The summed E-state index contributed by atoms with van der Waals surface area (Å²) < 4.78 is 38.8. The van der Waals surface area contributed by atoms with E-state index in [1.54, 1.807) is 36.5 Å². The highest BCUT2D eigenvalue weighted by Gasteiger charge is 2.29. The molecule has 0 aliphatic rings. The number of benzene rings is 2. The van der Waals surface area contributed by atoms with Gasteiger partial charge in [-0.25, -0.2) is 13.4 Å². The fourth-order valence-electron chi connectivity index (χ4n) is 3.09. The van der Waals surface area contributed by atoms with Crippen LogP contribution in [-0.2, 0) is 14.8 Å². The number of ether oxygens (including phenoxy) is 2. The van der Waals surface area contributed by atoms with Gasteiger partial charge in [0.15, 0.2) is 0 Å². The molecule has 10 heteroatoms. The normalized spacial score (nSPS) is 11.0. The highest BCUT2D eigenvalue weighted by molar-refractivity contribution is 7.99. The highest BCUT2D eigenvalue weighted by atomic mass is 32.2. The summed E-state index contributed by atoms with van der Waals surface area (Å²) in [4.78, 5) is 17.1. The number of nitrogens with one attached hydrogen (secondary N) is 1. The van der Waals surface area contributed by atoms with Gasteiger partial charge in [0.05, 0.1) is 29.8 Å². The van der Waals surface area contributed by atoms with Gasteiger partial charge in [0, 0.05) is 24.6 Å². The Bertz CT molecular complexity index is 1200. The third-order valence-electron chi connectivity index (χ3n) is 4.86. The molecule has 8 nitrogen and oxygen atoms in total. The zero-order valence-electron chi connectivity index (χ0n) is 19.2. The molecule has 1 heterocycles. The van der Waals surface area contributed by atoms with Crippen molar-refractivity contribution in [2.75, 3.05) is 37.4 Å². The number of thioether (sulfide) groups is 1. The lowest BCUT2D eigenvalue weighted by Crippen LogP contribution is -2.41. The van der Waals surface area contributed by atoms with E-state index in [1.807, 2.05) is 25.1 Å². The SMILES string of the molecule is COc1ccc(N(CC(=O)NCCSc2ccccn2)S(=O)(=O)c2ccc(C)cc2)c(OC)c1. The molecule has 0 aliphatic carbocycles. The van der Waals surface area contributed by atoms with Gasteiger partial charge in [0.25, 0.3) is 10.0 Å². The molecule has 2 aromatic carbocycles. The van der Waals surface area contributed by atoms with Gasteiger partial charge in [-0.15, -0.1) is 11.8 Å². The van der Waals surface area contributed by atoms with Crippen molar-refractivity contribution < 1.29 is 22.7 Å². The highest BCUT2D eigenvalue weighted by Crippen LogP contribution is 2.35. The van der Waals surface area contributed by atoms with Crippen LogP contribution in [0.5, 0.6) is 11.5 Å². The molecule has 0 unspecified atom stereocenters. The zero-order chi connectivity index (χ0) is 24.6. The van der Waals surface area contributed by atoms with Gasteiger partial charge in [-0.1, -0.05) is 23.8 Å². The number of pyridine rings is 1. The molecule has 0 saturated heterocycles. The van der Waals surface area contributed by atoms with Crippen molar-refractivity contribution in [3.63, 3.8) is 0 Å². The Balaban J connectivity index is 1.82. The molecular weight excluding hydrogens is 474 g/mol. The van der Waals surface area contributed by atoms with Crippen molar-refractivity contribution in [3.8, 4) is 11.5 Å². The maximum Gasteiger partial charge on any atom is 0.264 e. The number of anilines is 1. The predicted molar refractivity (Wildman–Crippen MR) is 133 cm³/mol. The molecule has 0 fully saturated rings. The molecule has 1 N–H and O–H groups in total. The molecule has 0 spiro atoms. The molecule has 1 aromatic heterocycles. The summed E-state index contributed by atoms with van der Waals surface area (Å²) in [6, 6.07) is 16.9. The van der Waals surface area contributed by atoms with E-state index in [4.69, 9.17) is 9.47 Å². The molecule has 1 amide bonds. The van der Waals surface area contributed by atoms with Gasteiger partial charge in [0.2, 0.25) is 5.91 Å². The minimum absolute atomic E-state index is 0.0782. The summed E-state index contributed by atoms with van der Waals surface area (Å²) in [5.41, 5.74) is 1.16. The fourth-order valence-corrected chi connectivity index (χ4v) is 5.25. The number of carbonyl (C=O) groups is 1. The Morgan fingerprint density at radius 1 is 1.06 bits per heavy atom. The van der Waals surface area contributed by atoms with Gasteiger partial charge in [-0.3, -0.25) is 9.10 Å². The first-order chi connectivity index (χ1) is 16.3. The van der Waals surface area contributed by atoms with E-state index in [0.717, 1.165) is 14.9 Å². The second-order valence-corrected chi connectivity index (χ2v) is 10.2. The largest absolute Gasteiger partial charge is 0.497 e. The number of amides is 1. The lowest BCUT2D eigenvalue weighted by Gasteiger charge is -2.26. The maximum atomic E-state index is 13.6.